The Kier molecular flexibility index (Phi) is 8.33. The van der Waals surface area contributed by atoms with E-state index in [9.17, 15) is 9.59 Å². The Morgan fingerprint density at radius 3 is 2.45 bits per heavy atom. The Labute approximate surface area is 196 Å². The molecule has 0 radical (unpaired) electrons. The molecule has 0 aromatic heterocycles. The van der Waals surface area contributed by atoms with Crippen molar-refractivity contribution in [1.82, 2.24) is 10.2 Å². The van der Waals surface area contributed by atoms with Crippen LogP contribution in [0.1, 0.15) is 35.2 Å². The zero-order chi connectivity index (χ0) is 22.9. The first kappa shape index (κ1) is 23.3. The fourth-order valence-corrected chi connectivity index (χ4v) is 4.40. The second-order valence-electron chi connectivity index (χ2n) is 8.67. The van der Waals surface area contributed by atoms with Crippen LogP contribution in [-0.4, -0.2) is 69.2 Å². The Hall–Kier alpha value is -2.90. The number of carbonyl (C=O) groups excluding carboxylic acids is 2. The van der Waals surface area contributed by atoms with Crippen molar-refractivity contribution in [3.8, 4) is 0 Å². The van der Waals surface area contributed by atoms with E-state index in [1.165, 1.54) is 0 Å². The summed E-state index contributed by atoms with van der Waals surface area (Å²) in [4.78, 5) is 30.2. The molecule has 7 heteroatoms. The first-order valence-corrected chi connectivity index (χ1v) is 12.0. The van der Waals surface area contributed by atoms with Gasteiger partial charge in [0.2, 0.25) is 5.91 Å². The lowest BCUT2D eigenvalue weighted by atomic mass is 10.1. The van der Waals surface area contributed by atoms with Crippen LogP contribution in [0.3, 0.4) is 0 Å². The molecule has 2 aromatic rings. The molecule has 4 rings (SSSR count). The Balaban J connectivity index is 1.38. The quantitative estimate of drug-likeness (QED) is 0.615. The number of carbonyl (C=O) groups is 2. The largest absolute Gasteiger partial charge is 0.379 e. The summed E-state index contributed by atoms with van der Waals surface area (Å²) >= 11 is 0. The van der Waals surface area contributed by atoms with Gasteiger partial charge < -0.3 is 20.3 Å². The molecule has 0 spiro atoms. The van der Waals surface area contributed by atoms with Gasteiger partial charge in [-0.3, -0.25) is 14.5 Å². The number of anilines is 2. The first-order valence-electron chi connectivity index (χ1n) is 12.0. The van der Waals surface area contributed by atoms with Crippen LogP contribution in [0.15, 0.2) is 48.5 Å². The number of hydrogen-bond acceptors (Lipinski definition) is 5. The van der Waals surface area contributed by atoms with E-state index in [-0.39, 0.29) is 11.8 Å². The lowest BCUT2D eigenvalue weighted by Gasteiger charge is -2.26. The van der Waals surface area contributed by atoms with Crippen molar-refractivity contribution >= 4 is 23.2 Å². The van der Waals surface area contributed by atoms with E-state index in [0.717, 1.165) is 70.0 Å². The van der Waals surface area contributed by atoms with E-state index in [2.05, 4.69) is 20.4 Å². The molecule has 2 N–H and O–H groups in total. The van der Waals surface area contributed by atoms with Crippen molar-refractivity contribution in [1.29, 1.82) is 0 Å². The smallest absolute Gasteiger partial charge is 0.253 e. The van der Waals surface area contributed by atoms with Crippen molar-refractivity contribution in [2.45, 2.75) is 25.7 Å². The molecular weight excluding hydrogens is 416 g/mol. The molecule has 2 heterocycles. The molecule has 0 atom stereocenters. The highest BCUT2D eigenvalue weighted by atomic mass is 16.5. The van der Waals surface area contributed by atoms with Gasteiger partial charge in [-0.2, -0.15) is 0 Å². The fraction of sp³-hybridized carbons (Fsp3) is 0.462. The van der Waals surface area contributed by atoms with Gasteiger partial charge in [-0.1, -0.05) is 30.3 Å². The van der Waals surface area contributed by atoms with Crippen LogP contribution in [0.4, 0.5) is 11.4 Å². The van der Waals surface area contributed by atoms with Gasteiger partial charge in [0.05, 0.1) is 18.8 Å². The van der Waals surface area contributed by atoms with Crippen LogP contribution >= 0.6 is 0 Å². The first-order chi connectivity index (χ1) is 16.2. The van der Waals surface area contributed by atoms with Crippen molar-refractivity contribution < 1.29 is 14.3 Å². The van der Waals surface area contributed by atoms with Gasteiger partial charge in [0.15, 0.2) is 0 Å². The third-order valence-electron chi connectivity index (χ3n) is 6.27. The van der Waals surface area contributed by atoms with Gasteiger partial charge in [0, 0.05) is 57.1 Å². The maximum Gasteiger partial charge on any atom is 0.253 e. The molecule has 0 bridgehead atoms. The third kappa shape index (κ3) is 6.79. The summed E-state index contributed by atoms with van der Waals surface area (Å²) in [6.45, 7) is 6.61. The van der Waals surface area contributed by atoms with Crippen LogP contribution in [0.2, 0.25) is 0 Å². The van der Waals surface area contributed by atoms with Crippen molar-refractivity contribution in [2.75, 3.05) is 62.7 Å². The number of benzene rings is 2. The van der Waals surface area contributed by atoms with Crippen LogP contribution in [0.5, 0.6) is 0 Å². The minimum absolute atomic E-state index is 0.0496. The Morgan fingerprint density at radius 2 is 1.70 bits per heavy atom. The van der Waals surface area contributed by atoms with E-state index in [1.807, 2.05) is 48.5 Å². The van der Waals surface area contributed by atoms with Gasteiger partial charge in [0.1, 0.15) is 0 Å². The molecule has 33 heavy (non-hydrogen) atoms. The number of amides is 2. The molecule has 2 saturated heterocycles. The summed E-state index contributed by atoms with van der Waals surface area (Å²) in [7, 11) is 0. The number of nitrogens with one attached hydrogen (secondary N) is 2. The molecule has 2 amide bonds. The molecular formula is C26H34N4O3. The zero-order valence-electron chi connectivity index (χ0n) is 19.2. The van der Waals surface area contributed by atoms with Gasteiger partial charge in [-0.25, -0.2) is 0 Å². The lowest BCUT2D eigenvalue weighted by Crippen LogP contribution is -2.41. The molecule has 2 aliphatic rings. The van der Waals surface area contributed by atoms with E-state index in [1.54, 1.807) is 0 Å². The maximum atomic E-state index is 13.1. The van der Waals surface area contributed by atoms with Crippen LogP contribution in [-0.2, 0) is 16.0 Å². The third-order valence-corrected chi connectivity index (χ3v) is 6.27. The van der Waals surface area contributed by atoms with Gasteiger partial charge in [-0.15, -0.1) is 0 Å². The number of nitrogens with zero attached hydrogens (tertiary/aromatic N) is 2. The van der Waals surface area contributed by atoms with Gasteiger partial charge in [-0.05, 0) is 43.0 Å². The average molecular weight is 451 g/mol. The van der Waals surface area contributed by atoms with Crippen LogP contribution in [0, 0.1) is 0 Å². The maximum absolute atomic E-state index is 13.1. The van der Waals surface area contributed by atoms with Gasteiger partial charge in [0.25, 0.3) is 5.91 Å². The zero-order valence-corrected chi connectivity index (χ0v) is 19.2. The van der Waals surface area contributed by atoms with Crippen molar-refractivity contribution in [2.24, 2.45) is 0 Å². The molecule has 0 saturated carbocycles. The number of morpholine rings is 1. The molecule has 2 aromatic carbocycles. The molecule has 7 nitrogen and oxygen atoms in total. The fourth-order valence-electron chi connectivity index (χ4n) is 4.40. The summed E-state index contributed by atoms with van der Waals surface area (Å²) in [6, 6.07) is 15.7. The SMILES string of the molecule is O=C(CCc1ccccc1)Nc1ccc(N2CCCC2)c(C(=O)NCCN2CCOCC2)c1. The minimum Gasteiger partial charge on any atom is -0.379 e. The Morgan fingerprint density at radius 1 is 0.939 bits per heavy atom. The van der Waals surface area contributed by atoms with E-state index >= 15 is 0 Å². The number of hydrogen-bond donors (Lipinski definition) is 2. The summed E-state index contributed by atoms with van der Waals surface area (Å²) in [5, 5.41) is 6.05. The number of ether oxygens (including phenoxy) is 1. The highest BCUT2D eigenvalue weighted by molar-refractivity contribution is 6.02. The van der Waals surface area contributed by atoms with Crippen LogP contribution in [0.25, 0.3) is 0 Å². The standard InChI is InChI=1S/C26H34N4O3/c31-25(11-8-21-6-2-1-3-7-21)28-22-9-10-24(30-13-4-5-14-30)23(20-22)26(32)27-12-15-29-16-18-33-19-17-29/h1-3,6-7,9-10,20H,4-5,8,11-19H2,(H,27,32)(H,28,31). The van der Waals surface area contributed by atoms with Crippen molar-refractivity contribution in [3.05, 3.63) is 59.7 Å². The normalized spacial score (nSPS) is 16.5. The second kappa shape index (κ2) is 11.8. The lowest BCUT2D eigenvalue weighted by molar-refractivity contribution is -0.116. The topological polar surface area (TPSA) is 73.9 Å². The van der Waals surface area contributed by atoms with E-state index in [4.69, 9.17) is 4.74 Å². The van der Waals surface area contributed by atoms with E-state index in [0.29, 0.717) is 30.6 Å². The average Bonchev–Trinajstić information content (AvgIpc) is 3.39. The Bertz CT molecular complexity index is 922. The molecule has 2 fully saturated rings. The van der Waals surface area contributed by atoms with Crippen molar-refractivity contribution in [3.63, 3.8) is 0 Å². The molecule has 2 aliphatic heterocycles. The monoisotopic (exact) mass is 450 g/mol. The predicted octanol–water partition coefficient (Wildman–Crippen LogP) is 2.92. The highest BCUT2D eigenvalue weighted by Gasteiger charge is 2.21. The predicted molar refractivity (Wildman–Crippen MR) is 131 cm³/mol. The summed E-state index contributed by atoms with van der Waals surface area (Å²) in [6.07, 6.45) is 3.36. The van der Waals surface area contributed by atoms with Crippen LogP contribution < -0.4 is 15.5 Å². The van der Waals surface area contributed by atoms with Gasteiger partial charge >= 0.3 is 0 Å². The number of aryl methyl sites for hydroxylation is 1. The summed E-state index contributed by atoms with van der Waals surface area (Å²) in [5.41, 5.74) is 3.37. The van der Waals surface area contributed by atoms with E-state index < -0.39 is 0 Å². The summed E-state index contributed by atoms with van der Waals surface area (Å²) in [5.74, 6) is -0.142. The second-order valence-corrected chi connectivity index (χ2v) is 8.67. The summed E-state index contributed by atoms with van der Waals surface area (Å²) < 4.78 is 5.39. The number of rotatable bonds is 9. The minimum atomic E-state index is -0.0921. The highest BCUT2D eigenvalue weighted by Crippen LogP contribution is 2.27. The molecule has 176 valence electrons. The molecule has 0 unspecified atom stereocenters. The molecule has 0 aliphatic carbocycles.